The lowest BCUT2D eigenvalue weighted by Crippen LogP contribution is -2.39. The lowest BCUT2D eigenvalue weighted by Gasteiger charge is -2.22. The minimum atomic E-state index is -0.635. The first kappa shape index (κ1) is 15.6. The molecular weight excluding hydrogens is 252 g/mol. The second-order valence-electron chi connectivity index (χ2n) is 5.37. The van der Waals surface area contributed by atoms with E-state index in [0.717, 1.165) is 6.07 Å². The SMILES string of the molecule is CC(NCc1ccc(F)cc1F)C(=O)OC(C)(C)C. The highest BCUT2D eigenvalue weighted by molar-refractivity contribution is 5.75. The molecule has 0 heterocycles. The highest BCUT2D eigenvalue weighted by Crippen LogP contribution is 2.11. The van der Waals surface area contributed by atoms with Gasteiger partial charge in [0, 0.05) is 18.2 Å². The summed E-state index contributed by atoms with van der Waals surface area (Å²) in [5, 5.41) is 2.84. The molecule has 5 heteroatoms. The quantitative estimate of drug-likeness (QED) is 0.856. The van der Waals surface area contributed by atoms with Gasteiger partial charge in [-0.1, -0.05) is 6.07 Å². The predicted octanol–water partition coefficient (Wildman–Crippen LogP) is 2.78. The van der Waals surface area contributed by atoms with Crippen LogP contribution in [0.5, 0.6) is 0 Å². The Morgan fingerprint density at radius 2 is 2.00 bits per heavy atom. The molecule has 1 unspecified atom stereocenters. The molecule has 19 heavy (non-hydrogen) atoms. The van der Waals surface area contributed by atoms with Gasteiger partial charge in [-0.25, -0.2) is 8.78 Å². The van der Waals surface area contributed by atoms with Crippen molar-refractivity contribution in [3.8, 4) is 0 Å². The number of halogens is 2. The molecule has 1 aromatic rings. The Labute approximate surface area is 112 Å². The summed E-state index contributed by atoms with van der Waals surface area (Å²) in [6.45, 7) is 7.09. The van der Waals surface area contributed by atoms with Gasteiger partial charge in [0.05, 0.1) is 0 Å². The normalized spacial score (nSPS) is 13.2. The van der Waals surface area contributed by atoms with E-state index in [1.54, 1.807) is 27.7 Å². The molecule has 1 atom stereocenters. The van der Waals surface area contributed by atoms with Crippen LogP contribution in [0.25, 0.3) is 0 Å². The standard InChI is InChI=1S/C14H19F2NO2/c1-9(13(18)19-14(2,3)4)17-8-10-5-6-11(15)7-12(10)16/h5-7,9,17H,8H2,1-4H3. The first-order chi connectivity index (χ1) is 8.69. The summed E-state index contributed by atoms with van der Waals surface area (Å²) in [5.41, 5.74) is -0.259. The van der Waals surface area contributed by atoms with Crippen LogP contribution in [-0.4, -0.2) is 17.6 Å². The van der Waals surface area contributed by atoms with Crippen molar-refractivity contribution in [1.29, 1.82) is 0 Å². The maximum Gasteiger partial charge on any atom is 0.323 e. The van der Waals surface area contributed by atoms with Crippen molar-refractivity contribution >= 4 is 5.97 Å². The van der Waals surface area contributed by atoms with Gasteiger partial charge in [-0.15, -0.1) is 0 Å². The Morgan fingerprint density at radius 1 is 1.37 bits per heavy atom. The highest BCUT2D eigenvalue weighted by Gasteiger charge is 2.21. The zero-order valence-corrected chi connectivity index (χ0v) is 11.6. The summed E-state index contributed by atoms with van der Waals surface area (Å²) in [6.07, 6.45) is 0. The van der Waals surface area contributed by atoms with Crippen molar-refractivity contribution in [1.82, 2.24) is 5.32 Å². The van der Waals surface area contributed by atoms with E-state index in [1.807, 2.05) is 0 Å². The second-order valence-corrected chi connectivity index (χ2v) is 5.37. The molecule has 0 fully saturated rings. The molecule has 1 rings (SSSR count). The van der Waals surface area contributed by atoms with E-state index >= 15 is 0 Å². The molecule has 0 radical (unpaired) electrons. The lowest BCUT2D eigenvalue weighted by molar-refractivity contribution is -0.157. The Morgan fingerprint density at radius 3 is 2.53 bits per heavy atom. The van der Waals surface area contributed by atoms with Crippen molar-refractivity contribution in [3.63, 3.8) is 0 Å². The maximum atomic E-state index is 13.4. The van der Waals surface area contributed by atoms with Crippen LogP contribution in [0, 0.1) is 11.6 Å². The zero-order chi connectivity index (χ0) is 14.6. The fourth-order valence-electron chi connectivity index (χ4n) is 1.40. The number of ether oxygens (including phenoxy) is 1. The molecular formula is C14H19F2NO2. The predicted molar refractivity (Wildman–Crippen MR) is 68.5 cm³/mol. The minimum absolute atomic E-state index is 0.131. The number of carbonyl (C=O) groups is 1. The highest BCUT2D eigenvalue weighted by atomic mass is 19.1. The van der Waals surface area contributed by atoms with E-state index in [1.165, 1.54) is 12.1 Å². The Kier molecular flexibility index (Phi) is 5.00. The van der Waals surface area contributed by atoms with Crippen LogP contribution in [0.4, 0.5) is 8.78 Å². The van der Waals surface area contributed by atoms with Crippen molar-refractivity contribution in [2.24, 2.45) is 0 Å². The summed E-state index contributed by atoms with van der Waals surface area (Å²) >= 11 is 0. The average molecular weight is 271 g/mol. The molecule has 3 nitrogen and oxygen atoms in total. The van der Waals surface area contributed by atoms with Crippen molar-refractivity contribution < 1.29 is 18.3 Å². The van der Waals surface area contributed by atoms with Gasteiger partial charge >= 0.3 is 5.97 Å². The van der Waals surface area contributed by atoms with Gasteiger partial charge < -0.3 is 10.1 Å². The maximum absolute atomic E-state index is 13.4. The van der Waals surface area contributed by atoms with Gasteiger partial charge in [-0.3, -0.25) is 4.79 Å². The Hall–Kier alpha value is -1.49. The van der Waals surface area contributed by atoms with Gasteiger partial charge in [-0.05, 0) is 33.8 Å². The largest absolute Gasteiger partial charge is 0.459 e. The van der Waals surface area contributed by atoms with Gasteiger partial charge in [0.25, 0.3) is 0 Å². The minimum Gasteiger partial charge on any atom is -0.459 e. The topological polar surface area (TPSA) is 38.3 Å². The molecule has 0 aliphatic carbocycles. The van der Waals surface area contributed by atoms with Crippen LogP contribution in [0.1, 0.15) is 33.3 Å². The Bertz CT molecular complexity index is 455. The first-order valence-corrected chi connectivity index (χ1v) is 6.09. The van der Waals surface area contributed by atoms with E-state index in [-0.39, 0.29) is 6.54 Å². The third-order valence-electron chi connectivity index (χ3n) is 2.37. The molecule has 0 bridgehead atoms. The van der Waals surface area contributed by atoms with Crippen molar-refractivity contribution in [2.75, 3.05) is 0 Å². The number of hydrogen-bond acceptors (Lipinski definition) is 3. The molecule has 1 N–H and O–H groups in total. The van der Waals surface area contributed by atoms with Crippen LogP contribution in [0.15, 0.2) is 18.2 Å². The summed E-state index contributed by atoms with van der Waals surface area (Å²) in [6, 6.07) is 2.77. The van der Waals surface area contributed by atoms with Gasteiger partial charge in [0.15, 0.2) is 0 Å². The third kappa shape index (κ3) is 5.34. The molecule has 1 aromatic carbocycles. The van der Waals surface area contributed by atoms with Gasteiger partial charge in [0.2, 0.25) is 0 Å². The number of rotatable bonds is 4. The molecule has 0 amide bonds. The van der Waals surface area contributed by atoms with Gasteiger partial charge in [0.1, 0.15) is 23.3 Å². The Balaban J connectivity index is 2.54. The first-order valence-electron chi connectivity index (χ1n) is 6.09. The van der Waals surface area contributed by atoms with Crippen LogP contribution in [-0.2, 0) is 16.1 Å². The molecule has 0 aromatic heterocycles. The summed E-state index contributed by atoms with van der Waals surface area (Å²) in [5.74, 6) is -1.67. The van der Waals surface area contributed by atoms with Crippen LogP contribution in [0.3, 0.4) is 0 Å². The number of benzene rings is 1. The van der Waals surface area contributed by atoms with E-state index in [4.69, 9.17) is 4.74 Å². The second kappa shape index (κ2) is 6.10. The fraction of sp³-hybridized carbons (Fsp3) is 0.500. The van der Waals surface area contributed by atoms with Crippen molar-refractivity contribution in [3.05, 3.63) is 35.4 Å². The van der Waals surface area contributed by atoms with Crippen molar-refractivity contribution in [2.45, 2.75) is 45.9 Å². The summed E-state index contributed by atoms with van der Waals surface area (Å²) in [4.78, 5) is 11.7. The fourth-order valence-corrected chi connectivity index (χ4v) is 1.40. The summed E-state index contributed by atoms with van der Waals surface area (Å²) < 4.78 is 31.3. The average Bonchev–Trinajstić information content (AvgIpc) is 2.25. The molecule has 0 aliphatic heterocycles. The van der Waals surface area contributed by atoms with E-state index in [0.29, 0.717) is 5.56 Å². The van der Waals surface area contributed by atoms with Gasteiger partial charge in [-0.2, -0.15) is 0 Å². The molecule has 0 aliphatic rings. The molecule has 0 spiro atoms. The third-order valence-corrected chi connectivity index (χ3v) is 2.37. The smallest absolute Gasteiger partial charge is 0.323 e. The molecule has 0 saturated heterocycles. The van der Waals surface area contributed by atoms with E-state index in [2.05, 4.69) is 5.32 Å². The summed E-state index contributed by atoms with van der Waals surface area (Å²) in [7, 11) is 0. The van der Waals surface area contributed by atoms with Crippen LogP contribution >= 0.6 is 0 Å². The zero-order valence-electron chi connectivity index (χ0n) is 11.6. The van der Waals surface area contributed by atoms with E-state index < -0.39 is 29.2 Å². The molecule has 0 saturated carbocycles. The monoisotopic (exact) mass is 271 g/mol. The molecule has 106 valence electrons. The van der Waals surface area contributed by atoms with Crippen LogP contribution < -0.4 is 5.32 Å². The van der Waals surface area contributed by atoms with E-state index in [9.17, 15) is 13.6 Å². The van der Waals surface area contributed by atoms with Crippen LogP contribution in [0.2, 0.25) is 0 Å². The number of hydrogen-bond donors (Lipinski definition) is 1. The lowest BCUT2D eigenvalue weighted by atomic mass is 10.2. The number of carbonyl (C=O) groups excluding carboxylic acids is 1. The number of esters is 1. The number of nitrogens with one attached hydrogen (secondary N) is 1.